The maximum atomic E-state index is 11.8. The van der Waals surface area contributed by atoms with Crippen LogP contribution in [0.5, 0.6) is 0 Å². The fourth-order valence-corrected chi connectivity index (χ4v) is 2.36. The Labute approximate surface area is 101 Å². The van der Waals surface area contributed by atoms with Gasteiger partial charge in [0.1, 0.15) is 11.9 Å². The highest BCUT2D eigenvalue weighted by molar-refractivity contribution is 7.99. The summed E-state index contributed by atoms with van der Waals surface area (Å²) in [6, 6.07) is -0.327. The Morgan fingerprint density at radius 3 is 2.56 bits per heavy atom. The van der Waals surface area contributed by atoms with Crippen molar-refractivity contribution < 1.29 is 14.3 Å². The first kappa shape index (κ1) is 13.4. The molecule has 0 aliphatic carbocycles. The molecule has 1 aliphatic heterocycles. The Morgan fingerprint density at radius 1 is 1.50 bits per heavy atom. The number of carbonyl (C=O) groups is 2. The van der Waals surface area contributed by atoms with Crippen LogP contribution in [0.1, 0.15) is 27.2 Å². The number of rotatable bonds is 2. The van der Waals surface area contributed by atoms with Crippen molar-refractivity contribution in [1.29, 1.82) is 0 Å². The lowest BCUT2D eigenvalue weighted by Gasteiger charge is -2.26. The maximum absolute atomic E-state index is 11.8. The Balaban J connectivity index is 2.64. The van der Waals surface area contributed by atoms with E-state index in [1.54, 1.807) is 11.8 Å². The molecule has 0 aromatic rings. The molecule has 4 nitrogen and oxygen atoms in total. The van der Waals surface area contributed by atoms with Gasteiger partial charge in [-0.05, 0) is 33.4 Å². The summed E-state index contributed by atoms with van der Waals surface area (Å²) in [5, 5.41) is 0.336. The molecule has 92 valence electrons. The van der Waals surface area contributed by atoms with E-state index < -0.39 is 5.60 Å². The number of likely N-dealkylation sites (tertiary alicyclic amines) is 1. The molecule has 0 spiro atoms. The summed E-state index contributed by atoms with van der Waals surface area (Å²) in [6.45, 7) is 6.06. The van der Waals surface area contributed by atoms with Crippen molar-refractivity contribution in [2.75, 3.05) is 12.8 Å². The Morgan fingerprint density at radius 2 is 2.12 bits per heavy atom. The molecule has 1 fully saturated rings. The summed E-state index contributed by atoms with van der Waals surface area (Å²) >= 11 is 1.68. The number of thioether (sulfide) groups is 1. The van der Waals surface area contributed by atoms with Gasteiger partial charge < -0.3 is 9.53 Å². The van der Waals surface area contributed by atoms with Crippen molar-refractivity contribution in [3.63, 3.8) is 0 Å². The van der Waals surface area contributed by atoms with E-state index >= 15 is 0 Å². The van der Waals surface area contributed by atoms with Crippen LogP contribution < -0.4 is 0 Å². The molecule has 1 unspecified atom stereocenters. The van der Waals surface area contributed by atoms with Crippen LogP contribution in [0.3, 0.4) is 0 Å². The standard InChI is InChI=1S/C11H19NO3S/c1-11(2,3)15-10(14)12-6-9(16-4)5-8(12)7-13/h7-9H,5-6H2,1-4H3/t8-,9?/m1/s1. The second-order valence-electron chi connectivity index (χ2n) is 4.93. The van der Waals surface area contributed by atoms with Crippen molar-refractivity contribution in [3.8, 4) is 0 Å². The molecule has 1 amide bonds. The molecule has 0 aromatic carbocycles. The summed E-state index contributed by atoms with van der Waals surface area (Å²) in [4.78, 5) is 24.2. The quantitative estimate of drug-likeness (QED) is 0.697. The second kappa shape index (κ2) is 5.08. The Kier molecular flexibility index (Phi) is 4.24. The lowest BCUT2D eigenvalue weighted by molar-refractivity contribution is -0.111. The predicted molar refractivity (Wildman–Crippen MR) is 64.7 cm³/mol. The molecule has 0 N–H and O–H groups in total. The molecule has 5 heteroatoms. The zero-order valence-electron chi connectivity index (χ0n) is 10.2. The minimum absolute atomic E-state index is 0.327. The molecular weight excluding hydrogens is 226 g/mol. The van der Waals surface area contributed by atoms with E-state index in [0.717, 1.165) is 12.7 Å². The molecule has 1 saturated heterocycles. The number of amides is 1. The number of carbonyl (C=O) groups excluding carboxylic acids is 2. The molecule has 0 radical (unpaired) electrons. The first-order chi connectivity index (χ1) is 7.37. The molecule has 1 rings (SSSR count). The maximum Gasteiger partial charge on any atom is 0.410 e. The first-order valence-corrected chi connectivity index (χ1v) is 6.64. The normalized spacial score (nSPS) is 25.6. The Hall–Kier alpha value is -0.710. The predicted octanol–water partition coefficient (Wildman–Crippen LogP) is 1.93. The van der Waals surface area contributed by atoms with Crippen molar-refractivity contribution in [2.45, 2.75) is 44.1 Å². The topological polar surface area (TPSA) is 46.6 Å². The van der Waals surface area contributed by atoms with Gasteiger partial charge in [-0.2, -0.15) is 11.8 Å². The molecule has 1 heterocycles. The third kappa shape index (κ3) is 3.40. The van der Waals surface area contributed by atoms with Gasteiger partial charge in [-0.3, -0.25) is 4.90 Å². The van der Waals surface area contributed by atoms with E-state index in [1.165, 1.54) is 4.90 Å². The molecule has 2 atom stereocenters. The number of hydrogen-bond acceptors (Lipinski definition) is 4. The van der Waals surface area contributed by atoms with Crippen molar-refractivity contribution >= 4 is 24.1 Å². The zero-order valence-corrected chi connectivity index (χ0v) is 11.0. The van der Waals surface area contributed by atoms with Crippen LogP contribution in [0.15, 0.2) is 0 Å². The molecule has 0 saturated carbocycles. The largest absolute Gasteiger partial charge is 0.444 e. The van der Waals surface area contributed by atoms with Crippen LogP contribution in [-0.4, -0.2) is 47.0 Å². The van der Waals surface area contributed by atoms with E-state index in [4.69, 9.17) is 4.74 Å². The van der Waals surface area contributed by atoms with Gasteiger partial charge in [-0.1, -0.05) is 0 Å². The summed E-state index contributed by atoms with van der Waals surface area (Å²) in [5.74, 6) is 0. The lowest BCUT2D eigenvalue weighted by Crippen LogP contribution is -2.40. The average Bonchev–Trinajstić information content (AvgIpc) is 2.58. The molecule has 1 aliphatic rings. The van der Waals surface area contributed by atoms with Gasteiger partial charge in [0, 0.05) is 11.8 Å². The summed E-state index contributed by atoms with van der Waals surface area (Å²) in [6.07, 6.45) is 3.16. The third-order valence-electron chi connectivity index (χ3n) is 2.42. The fourth-order valence-electron chi connectivity index (χ4n) is 1.66. The SMILES string of the molecule is CSC1C[C@H](C=O)N(C(=O)OC(C)(C)C)C1. The van der Waals surface area contributed by atoms with Crippen LogP contribution in [0.25, 0.3) is 0 Å². The third-order valence-corrected chi connectivity index (χ3v) is 3.43. The number of hydrogen-bond donors (Lipinski definition) is 0. The van der Waals surface area contributed by atoms with E-state index in [-0.39, 0.29) is 12.1 Å². The number of nitrogens with zero attached hydrogens (tertiary/aromatic N) is 1. The fraction of sp³-hybridized carbons (Fsp3) is 0.818. The van der Waals surface area contributed by atoms with Gasteiger partial charge in [0.2, 0.25) is 0 Å². The van der Waals surface area contributed by atoms with Crippen LogP contribution in [0.4, 0.5) is 4.79 Å². The highest BCUT2D eigenvalue weighted by atomic mass is 32.2. The van der Waals surface area contributed by atoms with Gasteiger partial charge in [-0.15, -0.1) is 0 Å². The summed E-state index contributed by atoms with van der Waals surface area (Å²) in [7, 11) is 0. The molecule has 16 heavy (non-hydrogen) atoms. The van der Waals surface area contributed by atoms with Gasteiger partial charge in [-0.25, -0.2) is 4.79 Å². The summed E-state index contributed by atoms with van der Waals surface area (Å²) < 4.78 is 5.27. The number of ether oxygens (including phenoxy) is 1. The molecule has 0 bridgehead atoms. The van der Waals surface area contributed by atoms with E-state index in [0.29, 0.717) is 11.8 Å². The minimum atomic E-state index is -0.512. The zero-order chi connectivity index (χ0) is 12.3. The van der Waals surface area contributed by atoms with Crippen LogP contribution in [-0.2, 0) is 9.53 Å². The first-order valence-electron chi connectivity index (χ1n) is 5.35. The summed E-state index contributed by atoms with van der Waals surface area (Å²) in [5.41, 5.74) is -0.512. The van der Waals surface area contributed by atoms with Gasteiger partial charge >= 0.3 is 6.09 Å². The van der Waals surface area contributed by atoms with Crippen LogP contribution in [0, 0.1) is 0 Å². The highest BCUT2D eigenvalue weighted by Crippen LogP contribution is 2.26. The van der Waals surface area contributed by atoms with Gasteiger partial charge in [0.05, 0.1) is 6.04 Å². The highest BCUT2D eigenvalue weighted by Gasteiger charge is 2.36. The van der Waals surface area contributed by atoms with Crippen molar-refractivity contribution in [3.05, 3.63) is 0 Å². The van der Waals surface area contributed by atoms with Crippen molar-refractivity contribution in [2.24, 2.45) is 0 Å². The van der Waals surface area contributed by atoms with Crippen molar-refractivity contribution in [1.82, 2.24) is 4.90 Å². The van der Waals surface area contributed by atoms with Crippen LogP contribution in [0.2, 0.25) is 0 Å². The van der Waals surface area contributed by atoms with Gasteiger partial charge in [0.25, 0.3) is 0 Å². The van der Waals surface area contributed by atoms with E-state index in [2.05, 4.69) is 0 Å². The minimum Gasteiger partial charge on any atom is -0.444 e. The van der Waals surface area contributed by atoms with E-state index in [1.807, 2.05) is 27.0 Å². The smallest absolute Gasteiger partial charge is 0.410 e. The number of aldehydes is 1. The van der Waals surface area contributed by atoms with Crippen LogP contribution >= 0.6 is 11.8 Å². The average molecular weight is 245 g/mol. The second-order valence-corrected chi connectivity index (χ2v) is 6.07. The Bertz CT molecular complexity index is 275. The lowest BCUT2D eigenvalue weighted by atomic mass is 10.2. The molecule has 0 aromatic heterocycles. The van der Waals surface area contributed by atoms with Gasteiger partial charge in [0.15, 0.2) is 0 Å². The monoisotopic (exact) mass is 245 g/mol. The molecular formula is C11H19NO3S. The van der Waals surface area contributed by atoms with E-state index in [9.17, 15) is 9.59 Å².